The van der Waals surface area contributed by atoms with Gasteiger partial charge in [0, 0.05) is 19.6 Å². The molecule has 0 spiro atoms. The second kappa shape index (κ2) is 6.12. The Kier molecular flexibility index (Phi) is 4.51. The molecule has 0 bridgehead atoms. The predicted molar refractivity (Wildman–Crippen MR) is 68.3 cm³/mol. The maximum absolute atomic E-state index is 12.7. The molecular weight excluding hydrogens is 215 g/mol. The molecule has 1 aliphatic rings. The topological polar surface area (TPSA) is 15.3 Å². The first kappa shape index (κ1) is 12.5. The molecule has 2 rings (SSSR count). The summed E-state index contributed by atoms with van der Waals surface area (Å²) in [6.07, 6.45) is 2.80. The van der Waals surface area contributed by atoms with Crippen molar-refractivity contribution in [2.75, 3.05) is 26.7 Å². The smallest absolute Gasteiger partial charge is 0.123 e. The second-order valence-corrected chi connectivity index (χ2v) is 5.01. The maximum atomic E-state index is 12.7. The molecule has 3 heteroatoms. The van der Waals surface area contributed by atoms with Crippen LogP contribution in [0.15, 0.2) is 24.3 Å². The van der Waals surface area contributed by atoms with Crippen molar-refractivity contribution >= 4 is 0 Å². The van der Waals surface area contributed by atoms with Crippen molar-refractivity contribution in [2.45, 2.75) is 19.4 Å². The molecule has 1 aliphatic carbocycles. The van der Waals surface area contributed by atoms with E-state index in [1.165, 1.54) is 31.5 Å². The van der Waals surface area contributed by atoms with Gasteiger partial charge in [-0.05, 0) is 50.0 Å². The normalized spacial score (nSPS) is 15.5. The highest BCUT2D eigenvalue weighted by atomic mass is 19.1. The Bertz CT molecular complexity index is 333. The zero-order valence-corrected chi connectivity index (χ0v) is 10.5. The van der Waals surface area contributed by atoms with Gasteiger partial charge in [-0.1, -0.05) is 12.1 Å². The number of likely N-dealkylation sites (N-methyl/N-ethyl adjacent to an activating group) is 1. The van der Waals surface area contributed by atoms with Gasteiger partial charge in [0.15, 0.2) is 0 Å². The summed E-state index contributed by atoms with van der Waals surface area (Å²) >= 11 is 0. The molecule has 1 aromatic carbocycles. The number of hydrogen-bond donors (Lipinski definition) is 1. The third-order valence-corrected chi connectivity index (χ3v) is 3.17. The lowest BCUT2D eigenvalue weighted by Crippen LogP contribution is -2.30. The van der Waals surface area contributed by atoms with E-state index >= 15 is 0 Å². The zero-order valence-electron chi connectivity index (χ0n) is 10.5. The molecule has 0 aliphatic heterocycles. The Labute approximate surface area is 103 Å². The van der Waals surface area contributed by atoms with E-state index < -0.39 is 0 Å². The summed E-state index contributed by atoms with van der Waals surface area (Å²) in [5, 5.41) is 3.47. The highest BCUT2D eigenvalue weighted by Crippen LogP contribution is 2.27. The summed E-state index contributed by atoms with van der Waals surface area (Å²) in [7, 11) is 2.10. The first-order chi connectivity index (χ1) is 8.24. The lowest BCUT2D eigenvalue weighted by Gasteiger charge is -2.17. The van der Waals surface area contributed by atoms with E-state index in [0.717, 1.165) is 31.1 Å². The highest BCUT2D eigenvalue weighted by molar-refractivity contribution is 5.15. The van der Waals surface area contributed by atoms with Crippen LogP contribution >= 0.6 is 0 Å². The molecule has 0 saturated heterocycles. The summed E-state index contributed by atoms with van der Waals surface area (Å²) < 4.78 is 12.7. The fourth-order valence-corrected chi connectivity index (χ4v) is 1.88. The van der Waals surface area contributed by atoms with Crippen LogP contribution in [0.25, 0.3) is 0 Å². The number of hydrogen-bond acceptors (Lipinski definition) is 2. The average molecular weight is 236 g/mol. The number of halogens is 1. The van der Waals surface area contributed by atoms with E-state index in [1.54, 1.807) is 0 Å². The van der Waals surface area contributed by atoms with Gasteiger partial charge in [-0.2, -0.15) is 0 Å². The Morgan fingerprint density at radius 2 is 2.00 bits per heavy atom. The van der Waals surface area contributed by atoms with Gasteiger partial charge < -0.3 is 10.2 Å². The molecule has 17 heavy (non-hydrogen) atoms. The minimum absolute atomic E-state index is 0.164. The predicted octanol–water partition coefficient (Wildman–Crippen LogP) is 2.26. The summed E-state index contributed by atoms with van der Waals surface area (Å²) in [5.74, 6) is 0.778. The third-order valence-electron chi connectivity index (χ3n) is 3.17. The average Bonchev–Trinajstić information content (AvgIpc) is 3.12. The molecule has 1 N–H and O–H groups in total. The van der Waals surface area contributed by atoms with E-state index in [2.05, 4.69) is 17.3 Å². The van der Waals surface area contributed by atoms with Gasteiger partial charge in [0.1, 0.15) is 5.82 Å². The number of nitrogens with zero attached hydrogens (tertiary/aromatic N) is 1. The van der Waals surface area contributed by atoms with E-state index in [9.17, 15) is 4.39 Å². The summed E-state index contributed by atoms with van der Waals surface area (Å²) in [5.41, 5.74) is 1.16. The third kappa shape index (κ3) is 4.84. The molecule has 0 radical (unpaired) electrons. The molecule has 1 aromatic rings. The summed E-state index contributed by atoms with van der Waals surface area (Å²) in [6, 6.07) is 6.75. The van der Waals surface area contributed by atoms with Crippen molar-refractivity contribution in [1.82, 2.24) is 10.2 Å². The van der Waals surface area contributed by atoms with Crippen LogP contribution in [-0.2, 0) is 6.54 Å². The van der Waals surface area contributed by atoms with Crippen molar-refractivity contribution in [1.29, 1.82) is 0 Å². The van der Waals surface area contributed by atoms with Gasteiger partial charge in [0.2, 0.25) is 0 Å². The Morgan fingerprint density at radius 1 is 1.29 bits per heavy atom. The number of rotatable bonds is 7. The Hall–Kier alpha value is -0.930. The molecule has 1 fully saturated rings. The van der Waals surface area contributed by atoms with Crippen LogP contribution in [0.5, 0.6) is 0 Å². The van der Waals surface area contributed by atoms with Crippen LogP contribution in [0.3, 0.4) is 0 Å². The molecule has 0 amide bonds. The van der Waals surface area contributed by atoms with E-state index in [4.69, 9.17) is 0 Å². The first-order valence-corrected chi connectivity index (χ1v) is 6.38. The van der Waals surface area contributed by atoms with Crippen molar-refractivity contribution in [3.05, 3.63) is 35.6 Å². The minimum Gasteiger partial charge on any atom is -0.315 e. The van der Waals surface area contributed by atoms with Crippen LogP contribution in [0, 0.1) is 11.7 Å². The standard InChI is InChI=1S/C14H21FN2/c1-17(9-8-16-10-12-2-3-12)11-13-4-6-14(15)7-5-13/h4-7,12,16H,2-3,8-11H2,1H3. The minimum atomic E-state index is -0.164. The Balaban J connectivity index is 1.61. The number of nitrogens with one attached hydrogen (secondary N) is 1. The summed E-state index contributed by atoms with van der Waals surface area (Å²) in [4.78, 5) is 2.26. The zero-order chi connectivity index (χ0) is 12.1. The number of benzene rings is 1. The molecule has 0 unspecified atom stereocenters. The van der Waals surface area contributed by atoms with Crippen molar-refractivity contribution in [3.63, 3.8) is 0 Å². The van der Waals surface area contributed by atoms with Crippen molar-refractivity contribution < 1.29 is 4.39 Å². The Morgan fingerprint density at radius 3 is 2.65 bits per heavy atom. The lowest BCUT2D eigenvalue weighted by atomic mass is 10.2. The lowest BCUT2D eigenvalue weighted by molar-refractivity contribution is 0.323. The van der Waals surface area contributed by atoms with Gasteiger partial charge in [0.05, 0.1) is 0 Å². The van der Waals surface area contributed by atoms with E-state index in [0.29, 0.717) is 0 Å². The fraction of sp³-hybridized carbons (Fsp3) is 0.571. The second-order valence-electron chi connectivity index (χ2n) is 5.01. The van der Waals surface area contributed by atoms with Gasteiger partial charge in [-0.15, -0.1) is 0 Å². The molecular formula is C14H21FN2. The highest BCUT2D eigenvalue weighted by Gasteiger charge is 2.19. The van der Waals surface area contributed by atoms with Crippen molar-refractivity contribution in [3.8, 4) is 0 Å². The molecule has 2 nitrogen and oxygen atoms in total. The first-order valence-electron chi connectivity index (χ1n) is 6.38. The molecule has 0 heterocycles. The van der Waals surface area contributed by atoms with E-state index in [1.807, 2.05) is 12.1 Å². The van der Waals surface area contributed by atoms with Gasteiger partial charge in [0.25, 0.3) is 0 Å². The van der Waals surface area contributed by atoms with Crippen LogP contribution in [0.2, 0.25) is 0 Å². The van der Waals surface area contributed by atoms with E-state index in [-0.39, 0.29) is 5.82 Å². The maximum Gasteiger partial charge on any atom is 0.123 e. The molecule has 1 saturated carbocycles. The van der Waals surface area contributed by atoms with Crippen LogP contribution in [0.1, 0.15) is 18.4 Å². The summed E-state index contributed by atoms with van der Waals surface area (Å²) in [6.45, 7) is 4.12. The monoisotopic (exact) mass is 236 g/mol. The fourth-order valence-electron chi connectivity index (χ4n) is 1.88. The quantitative estimate of drug-likeness (QED) is 0.731. The van der Waals surface area contributed by atoms with Crippen molar-refractivity contribution in [2.24, 2.45) is 5.92 Å². The van der Waals surface area contributed by atoms with Gasteiger partial charge in [-0.3, -0.25) is 0 Å². The van der Waals surface area contributed by atoms with Crippen LogP contribution in [-0.4, -0.2) is 31.6 Å². The van der Waals surface area contributed by atoms with Crippen LogP contribution < -0.4 is 5.32 Å². The molecule has 0 atom stereocenters. The molecule has 0 aromatic heterocycles. The van der Waals surface area contributed by atoms with Crippen LogP contribution in [0.4, 0.5) is 4.39 Å². The largest absolute Gasteiger partial charge is 0.315 e. The van der Waals surface area contributed by atoms with Gasteiger partial charge in [-0.25, -0.2) is 4.39 Å². The van der Waals surface area contributed by atoms with Gasteiger partial charge >= 0.3 is 0 Å². The molecule has 94 valence electrons. The SMILES string of the molecule is CN(CCNCC1CC1)Cc1ccc(F)cc1.